The van der Waals surface area contributed by atoms with Crippen molar-refractivity contribution in [3.63, 3.8) is 0 Å². The van der Waals surface area contributed by atoms with E-state index in [0.717, 1.165) is 4.88 Å². The first-order valence-electron chi connectivity index (χ1n) is 5.07. The molecule has 1 unspecified atom stereocenters. The first kappa shape index (κ1) is 12.1. The van der Waals surface area contributed by atoms with Gasteiger partial charge < -0.3 is 10.4 Å². The number of rotatable bonds is 4. The average Bonchev–Trinajstić information content (AvgIpc) is 2.86. The van der Waals surface area contributed by atoms with Crippen molar-refractivity contribution in [2.24, 2.45) is 0 Å². The van der Waals surface area contributed by atoms with Crippen LogP contribution in [0.25, 0.3) is 0 Å². The number of thiazole rings is 1. The molecule has 2 aromatic heterocycles. The third kappa shape index (κ3) is 2.65. The molecule has 0 spiro atoms. The van der Waals surface area contributed by atoms with E-state index in [2.05, 4.69) is 15.7 Å². The lowest BCUT2D eigenvalue weighted by Crippen LogP contribution is -2.06. The Morgan fingerprint density at radius 3 is 2.88 bits per heavy atom. The lowest BCUT2D eigenvalue weighted by molar-refractivity contribution is 0.0690. The van der Waals surface area contributed by atoms with Crippen LogP contribution >= 0.6 is 22.7 Å². The molecule has 2 N–H and O–H groups in total. The zero-order valence-electron chi connectivity index (χ0n) is 9.43. The fourth-order valence-electron chi connectivity index (χ4n) is 1.45. The van der Waals surface area contributed by atoms with Gasteiger partial charge in [-0.3, -0.25) is 0 Å². The summed E-state index contributed by atoms with van der Waals surface area (Å²) in [6.07, 6.45) is 0. The number of nitrogens with zero attached hydrogens (tertiary/aromatic N) is 1. The van der Waals surface area contributed by atoms with Gasteiger partial charge in [0.25, 0.3) is 0 Å². The van der Waals surface area contributed by atoms with Gasteiger partial charge in [-0.05, 0) is 36.2 Å². The molecule has 0 bridgehead atoms. The Balaban J connectivity index is 2.14. The molecule has 0 amide bonds. The Morgan fingerprint density at radius 2 is 2.35 bits per heavy atom. The molecule has 2 rings (SSSR count). The molecule has 0 radical (unpaired) electrons. The van der Waals surface area contributed by atoms with Gasteiger partial charge in [0.1, 0.15) is 0 Å². The van der Waals surface area contributed by atoms with E-state index in [1.165, 1.54) is 16.9 Å². The van der Waals surface area contributed by atoms with Gasteiger partial charge in [-0.15, -0.1) is 11.3 Å². The minimum Gasteiger partial charge on any atom is -0.476 e. The Morgan fingerprint density at radius 1 is 1.59 bits per heavy atom. The number of nitrogens with one attached hydrogen (secondary N) is 1. The van der Waals surface area contributed by atoms with Gasteiger partial charge in [0, 0.05) is 4.88 Å². The van der Waals surface area contributed by atoms with Gasteiger partial charge in [-0.1, -0.05) is 0 Å². The van der Waals surface area contributed by atoms with Crippen LogP contribution in [0.15, 0.2) is 16.8 Å². The van der Waals surface area contributed by atoms with Crippen molar-refractivity contribution >= 4 is 33.8 Å². The molecule has 0 saturated heterocycles. The standard InChI is InChI=1S/C11H12N2O2S2/c1-6(8-3-4-16-5-8)12-11-13-9(10(14)15)7(2)17-11/h3-6H,1-2H3,(H,12,13)(H,14,15). The van der Waals surface area contributed by atoms with Crippen LogP contribution in [-0.4, -0.2) is 16.1 Å². The Bertz CT molecular complexity index is 520. The highest BCUT2D eigenvalue weighted by Gasteiger charge is 2.15. The highest BCUT2D eigenvalue weighted by atomic mass is 32.1. The fourth-order valence-corrected chi connectivity index (χ4v) is 3.09. The number of hydrogen-bond donors (Lipinski definition) is 2. The van der Waals surface area contributed by atoms with Crippen molar-refractivity contribution in [2.75, 3.05) is 5.32 Å². The Labute approximate surface area is 107 Å². The smallest absolute Gasteiger partial charge is 0.355 e. The number of anilines is 1. The zero-order chi connectivity index (χ0) is 12.4. The molecule has 1 atom stereocenters. The number of aromatic carboxylic acids is 1. The first-order chi connectivity index (χ1) is 8.08. The monoisotopic (exact) mass is 268 g/mol. The molecule has 2 aromatic rings. The third-order valence-electron chi connectivity index (χ3n) is 2.38. The van der Waals surface area contributed by atoms with Gasteiger partial charge in [0.05, 0.1) is 6.04 Å². The van der Waals surface area contributed by atoms with E-state index in [0.29, 0.717) is 5.13 Å². The molecule has 0 aliphatic heterocycles. The molecule has 4 nitrogen and oxygen atoms in total. The van der Waals surface area contributed by atoms with E-state index in [-0.39, 0.29) is 11.7 Å². The Hall–Kier alpha value is -1.40. The van der Waals surface area contributed by atoms with Crippen molar-refractivity contribution in [3.8, 4) is 0 Å². The second-order valence-electron chi connectivity index (χ2n) is 3.65. The van der Waals surface area contributed by atoms with Gasteiger partial charge in [0.15, 0.2) is 10.8 Å². The van der Waals surface area contributed by atoms with Gasteiger partial charge in [-0.25, -0.2) is 9.78 Å². The zero-order valence-corrected chi connectivity index (χ0v) is 11.1. The van der Waals surface area contributed by atoms with E-state index < -0.39 is 5.97 Å². The lowest BCUT2D eigenvalue weighted by Gasteiger charge is -2.10. The summed E-state index contributed by atoms with van der Waals surface area (Å²) in [5, 5.41) is 16.9. The fraction of sp³-hybridized carbons (Fsp3) is 0.273. The van der Waals surface area contributed by atoms with Crippen LogP contribution in [0.2, 0.25) is 0 Å². The molecule has 0 aromatic carbocycles. The van der Waals surface area contributed by atoms with Crippen molar-refractivity contribution in [2.45, 2.75) is 19.9 Å². The summed E-state index contributed by atoms with van der Waals surface area (Å²) >= 11 is 3.01. The predicted molar refractivity (Wildman–Crippen MR) is 70.2 cm³/mol. The van der Waals surface area contributed by atoms with Gasteiger partial charge in [-0.2, -0.15) is 11.3 Å². The molecule has 0 fully saturated rings. The number of carboxylic acid groups (broad SMARTS) is 1. The highest BCUT2D eigenvalue weighted by molar-refractivity contribution is 7.15. The maximum Gasteiger partial charge on any atom is 0.355 e. The molecule has 6 heteroatoms. The number of aromatic nitrogens is 1. The van der Waals surface area contributed by atoms with Crippen LogP contribution in [0.1, 0.15) is 33.9 Å². The van der Waals surface area contributed by atoms with Crippen LogP contribution < -0.4 is 5.32 Å². The molecule has 17 heavy (non-hydrogen) atoms. The van der Waals surface area contributed by atoms with Gasteiger partial charge >= 0.3 is 5.97 Å². The molecular weight excluding hydrogens is 256 g/mol. The van der Waals surface area contributed by atoms with Crippen LogP contribution in [0.3, 0.4) is 0 Å². The number of carboxylic acids is 1. The van der Waals surface area contributed by atoms with Crippen molar-refractivity contribution in [3.05, 3.63) is 33.0 Å². The average molecular weight is 268 g/mol. The summed E-state index contributed by atoms with van der Waals surface area (Å²) in [4.78, 5) is 15.7. The first-order valence-corrected chi connectivity index (χ1v) is 6.83. The SMILES string of the molecule is Cc1sc(NC(C)c2ccsc2)nc1C(=O)O. The van der Waals surface area contributed by atoms with Crippen LogP contribution in [0.4, 0.5) is 5.13 Å². The molecule has 90 valence electrons. The third-order valence-corrected chi connectivity index (χ3v) is 3.99. The lowest BCUT2D eigenvalue weighted by atomic mass is 10.2. The normalized spacial score (nSPS) is 12.4. The summed E-state index contributed by atoms with van der Waals surface area (Å²) in [6.45, 7) is 3.79. The molecular formula is C11H12N2O2S2. The van der Waals surface area contributed by atoms with E-state index in [1.54, 1.807) is 18.3 Å². The summed E-state index contributed by atoms with van der Waals surface area (Å²) in [6, 6.07) is 2.18. The van der Waals surface area contributed by atoms with E-state index in [9.17, 15) is 4.79 Å². The maximum absolute atomic E-state index is 10.9. The van der Waals surface area contributed by atoms with Crippen molar-refractivity contribution in [1.82, 2.24) is 4.98 Å². The van der Waals surface area contributed by atoms with Crippen molar-refractivity contribution in [1.29, 1.82) is 0 Å². The van der Waals surface area contributed by atoms with Crippen LogP contribution in [-0.2, 0) is 0 Å². The van der Waals surface area contributed by atoms with Crippen LogP contribution in [0, 0.1) is 6.92 Å². The minimum absolute atomic E-state index is 0.133. The number of aryl methyl sites for hydroxylation is 1. The maximum atomic E-state index is 10.9. The number of hydrogen-bond acceptors (Lipinski definition) is 5. The number of carbonyl (C=O) groups is 1. The quantitative estimate of drug-likeness (QED) is 0.892. The molecule has 0 aliphatic rings. The second kappa shape index (κ2) is 4.85. The summed E-state index contributed by atoms with van der Waals surface area (Å²) < 4.78 is 0. The summed E-state index contributed by atoms with van der Waals surface area (Å²) in [5.74, 6) is -0.977. The topological polar surface area (TPSA) is 62.2 Å². The van der Waals surface area contributed by atoms with E-state index >= 15 is 0 Å². The molecule has 0 saturated carbocycles. The predicted octanol–water partition coefficient (Wildman–Crippen LogP) is 3.38. The number of thiophene rings is 1. The minimum atomic E-state index is -0.977. The Kier molecular flexibility index (Phi) is 3.44. The van der Waals surface area contributed by atoms with E-state index in [1.807, 2.05) is 18.4 Å². The molecule has 2 heterocycles. The molecule has 0 aliphatic carbocycles. The van der Waals surface area contributed by atoms with Crippen LogP contribution in [0.5, 0.6) is 0 Å². The summed E-state index contributed by atoms with van der Waals surface area (Å²) in [7, 11) is 0. The van der Waals surface area contributed by atoms with Gasteiger partial charge in [0.2, 0.25) is 0 Å². The second-order valence-corrected chi connectivity index (χ2v) is 5.63. The van der Waals surface area contributed by atoms with E-state index in [4.69, 9.17) is 5.11 Å². The van der Waals surface area contributed by atoms with Crippen molar-refractivity contribution < 1.29 is 9.90 Å². The largest absolute Gasteiger partial charge is 0.476 e. The summed E-state index contributed by atoms with van der Waals surface area (Å²) in [5.41, 5.74) is 1.31. The highest BCUT2D eigenvalue weighted by Crippen LogP contribution is 2.26.